The molecule has 20 heavy (non-hydrogen) atoms. The Hall–Kier alpha value is -1.98. The molecular formula is C14H22N6. The van der Waals surface area contributed by atoms with Gasteiger partial charge in [0.2, 0.25) is 0 Å². The number of anilines is 1. The van der Waals surface area contributed by atoms with Gasteiger partial charge in [-0.3, -0.25) is 0 Å². The van der Waals surface area contributed by atoms with Crippen molar-refractivity contribution in [3.63, 3.8) is 0 Å². The molecule has 2 aromatic heterocycles. The Kier molecular flexibility index (Phi) is 4.32. The smallest absolute Gasteiger partial charge is 0.134 e. The van der Waals surface area contributed by atoms with E-state index in [1.165, 1.54) is 0 Å². The zero-order chi connectivity index (χ0) is 14.7. The number of hydrogen-bond donors (Lipinski definition) is 1. The molecule has 0 unspecified atom stereocenters. The average Bonchev–Trinajstić information content (AvgIpc) is 2.83. The van der Waals surface area contributed by atoms with Gasteiger partial charge in [-0.15, -0.1) is 5.10 Å². The van der Waals surface area contributed by atoms with Gasteiger partial charge < -0.3 is 5.32 Å². The van der Waals surface area contributed by atoms with E-state index in [0.717, 1.165) is 41.6 Å². The van der Waals surface area contributed by atoms with E-state index in [1.54, 1.807) is 10.9 Å². The fourth-order valence-corrected chi connectivity index (χ4v) is 1.96. The van der Waals surface area contributed by atoms with E-state index in [-0.39, 0.29) is 5.92 Å². The first-order chi connectivity index (χ1) is 9.54. The molecule has 6 heteroatoms. The van der Waals surface area contributed by atoms with E-state index in [0.29, 0.717) is 0 Å². The van der Waals surface area contributed by atoms with E-state index < -0.39 is 0 Å². The number of rotatable bonds is 5. The molecule has 2 heterocycles. The summed E-state index contributed by atoms with van der Waals surface area (Å²) in [5.41, 5.74) is 2.84. The van der Waals surface area contributed by atoms with Gasteiger partial charge in [0.1, 0.15) is 17.3 Å². The van der Waals surface area contributed by atoms with Gasteiger partial charge in [0.05, 0.1) is 11.9 Å². The normalized spacial score (nSPS) is 11.1. The fourth-order valence-electron chi connectivity index (χ4n) is 1.96. The van der Waals surface area contributed by atoms with Gasteiger partial charge in [0.15, 0.2) is 0 Å². The van der Waals surface area contributed by atoms with Crippen molar-refractivity contribution in [3.8, 4) is 11.4 Å². The molecule has 108 valence electrons. The third-order valence-corrected chi connectivity index (χ3v) is 3.18. The van der Waals surface area contributed by atoms with Gasteiger partial charge in [-0.05, 0) is 13.3 Å². The molecule has 6 nitrogen and oxygen atoms in total. The van der Waals surface area contributed by atoms with Crippen LogP contribution >= 0.6 is 0 Å². The van der Waals surface area contributed by atoms with Crippen molar-refractivity contribution < 1.29 is 0 Å². The third kappa shape index (κ3) is 2.79. The summed E-state index contributed by atoms with van der Waals surface area (Å²) in [6.45, 7) is 9.26. The highest BCUT2D eigenvalue weighted by Crippen LogP contribution is 2.26. The van der Waals surface area contributed by atoms with Crippen molar-refractivity contribution in [2.24, 2.45) is 7.05 Å². The van der Waals surface area contributed by atoms with Crippen molar-refractivity contribution in [1.29, 1.82) is 0 Å². The minimum atomic E-state index is 0.276. The lowest BCUT2D eigenvalue weighted by atomic mass is 10.1. The summed E-state index contributed by atoms with van der Waals surface area (Å²) in [6.07, 6.45) is 2.80. The maximum Gasteiger partial charge on any atom is 0.134 e. The van der Waals surface area contributed by atoms with Crippen LogP contribution < -0.4 is 5.32 Å². The Balaban J connectivity index is 2.55. The van der Waals surface area contributed by atoms with Crippen molar-refractivity contribution in [3.05, 3.63) is 17.6 Å². The summed E-state index contributed by atoms with van der Waals surface area (Å²) in [6, 6.07) is 0. The van der Waals surface area contributed by atoms with E-state index in [4.69, 9.17) is 4.98 Å². The molecule has 0 aliphatic heterocycles. The monoisotopic (exact) mass is 274 g/mol. The second kappa shape index (κ2) is 5.98. The van der Waals surface area contributed by atoms with Gasteiger partial charge >= 0.3 is 0 Å². The standard InChI is InChI=1S/C14H22N6/c1-6-7-15-14-10(4)12(11-8-16-19-20(11)5)17-13(18-14)9(2)3/h8-9H,6-7H2,1-5H3,(H,15,17,18). The molecule has 0 atom stereocenters. The SMILES string of the molecule is CCCNc1nc(C(C)C)nc(-c2cnnn2C)c1C. The fraction of sp³-hybridized carbons (Fsp3) is 0.571. The van der Waals surface area contributed by atoms with Gasteiger partial charge in [-0.2, -0.15) is 0 Å². The molecule has 2 rings (SSSR count). The lowest BCUT2D eigenvalue weighted by Crippen LogP contribution is -2.11. The highest BCUT2D eigenvalue weighted by molar-refractivity contribution is 5.64. The van der Waals surface area contributed by atoms with Crippen molar-refractivity contribution in [2.45, 2.75) is 40.0 Å². The van der Waals surface area contributed by atoms with E-state index in [2.05, 4.69) is 41.4 Å². The van der Waals surface area contributed by atoms with Crippen LogP contribution in [0.15, 0.2) is 6.20 Å². The molecule has 0 fully saturated rings. The van der Waals surface area contributed by atoms with Crippen LogP contribution in [0.2, 0.25) is 0 Å². The highest BCUT2D eigenvalue weighted by Gasteiger charge is 2.16. The van der Waals surface area contributed by atoms with Crippen LogP contribution in [-0.2, 0) is 7.05 Å². The predicted molar refractivity (Wildman–Crippen MR) is 79.6 cm³/mol. The number of aryl methyl sites for hydroxylation is 1. The number of aromatic nitrogens is 5. The molecule has 1 N–H and O–H groups in total. The zero-order valence-electron chi connectivity index (χ0n) is 12.8. The highest BCUT2D eigenvalue weighted by atomic mass is 15.4. The molecule has 2 aromatic rings. The van der Waals surface area contributed by atoms with Crippen LogP contribution in [0, 0.1) is 6.92 Å². The van der Waals surface area contributed by atoms with Crippen LogP contribution in [0.25, 0.3) is 11.4 Å². The predicted octanol–water partition coefficient (Wildman–Crippen LogP) is 2.53. The van der Waals surface area contributed by atoms with Crippen LogP contribution in [0.5, 0.6) is 0 Å². The van der Waals surface area contributed by atoms with Gasteiger partial charge in [-0.1, -0.05) is 26.0 Å². The largest absolute Gasteiger partial charge is 0.370 e. The number of nitrogens with zero attached hydrogens (tertiary/aromatic N) is 5. The van der Waals surface area contributed by atoms with Crippen LogP contribution in [0.3, 0.4) is 0 Å². The van der Waals surface area contributed by atoms with Crippen LogP contribution in [-0.4, -0.2) is 31.5 Å². The Morgan fingerprint density at radius 2 is 2.05 bits per heavy atom. The maximum atomic E-state index is 4.69. The summed E-state index contributed by atoms with van der Waals surface area (Å²) >= 11 is 0. The molecule has 0 aliphatic rings. The first-order valence-electron chi connectivity index (χ1n) is 7.02. The Morgan fingerprint density at radius 1 is 1.30 bits per heavy atom. The summed E-state index contributed by atoms with van der Waals surface area (Å²) < 4.78 is 1.74. The van der Waals surface area contributed by atoms with Crippen molar-refractivity contribution >= 4 is 5.82 Å². The molecule has 0 bridgehead atoms. The maximum absolute atomic E-state index is 4.69. The van der Waals surface area contributed by atoms with Crippen molar-refractivity contribution in [2.75, 3.05) is 11.9 Å². The Labute approximate surface area is 119 Å². The Bertz CT molecular complexity index is 587. The van der Waals surface area contributed by atoms with Gasteiger partial charge in [0, 0.05) is 25.1 Å². The first kappa shape index (κ1) is 14.4. The molecule has 0 aromatic carbocycles. The molecule has 0 radical (unpaired) electrons. The van der Waals surface area contributed by atoms with Crippen LogP contribution in [0.4, 0.5) is 5.82 Å². The zero-order valence-corrected chi connectivity index (χ0v) is 12.8. The molecule has 0 aliphatic carbocycles. The average molecular weight is 274 g/mol. The Morgan fingerprint density at radius 3 is 2.60 bits per heavy atom. The summed E-state index contributed by atoms with van der Waals surface area (Å²) in [5.74, 6) is 2.02. The molecular weight excluding hydrogens is 252 g/mol. The summed E-state index contributed by atoms with van der Waals surface area (Å²) in [4.78, 5) is 9.33. The van der Waals surface area contributed by atoms with Gasteiger partial charge in [0.25, 0.3) is 0 Å². The summed E-state index contributed by atoms with van der Waals surface area (Å²) in [7, 11) is 1.87. The quantitative estimate of drug-likeness (QED) is 0.907. The van der Waals surface area contributed by atoms with Gasteiger partial charge in [-0.25, -0.2) is 14.6 Å². The number of nitrogens with one attached hydrogen (secondary N) is 1. The van der Waals surface area contributed by atoms with E-state index in [9.17, 15) is 0 Å². The lowest BCUT2D eigenvalue weighted by Gasteiger charge is -2.15. The summed E-state index contributed by atoms with van der Waals surface area (Å²) in [5, 5.41) is 11.3. The second-order valence-corrected chi connectivity index (χ2v) is 5.23. The molecule has 0 amide bonds. The molecule has 0 saturated carbocycles. The lowest BCUT2D eigenvalue weighted by molar-refractivity contribution is 0.715. The minimum absolute atomic E-state index is 0.276. The third-order valence-electron chi connectivity index (χ3n) is 3.18. The van der Waals surface area contributed by atoms with Crippen molar-refractivity contribution in [1.82, 2.24) is 25.0 Å². The van der Waals surface area contributed by atoms with E-state index >= 15 is 0 Å². The first-order valence-corrected chi connectivity index (χ1v) is 7.02. The molecule has 0 saturated heterocycles. The van der Waals surface area contributed by atoms with E-state index in [1.807, 2.05) is 14.0 Å². The van der Waals surface area contributed by atoms with Crippen LogP contribution in [0.1, 0.15) is 44.5 Å². The minimum Gasteiger partial charge on any atom is -0.370 e. The topological polar surface area (TPSA) is 68.5 Å². The second-order valence-electron chi connectivity index (χ2n) is 5.23. The number of hydrogen-bond acceptors (Lipinski definition) is 5. The molecule has 0 spiro atoms.